The number of ketones is 1. The van der Waals surface area contributed by atoms with Gasteiger partial charge < -0.3 is 20.2 Å². The van der Waals surface area contributed by atoms with Gasteiger partial charge in [0.1, 0.15) is 23.5 Å². The molecule has 1 aromatic heterocycles. The Labute approximate surface area is 146 Å². The first-order valence-corrected chi connectivity index (χ1v) is 7.67. The van der Waals surface area contributed by atoms with Crippen molar-refractivity contribution >= 4 is 11.8 Å². The van der Waals surface area contributed by atoms with Gasteiger partial charge in [-0.25, -0.2) is 4.79 Å². The molecule has 2 aromatic rings. The van der Waals surface area contributed by atoms with Gasteiger partial charge in [0.05, 0.1) is 0 Å². The highest BCUT2D eigenvalue weighted by Crippen LogP contribution is 2.44. The molecule has 3 atom stereocenters. The van der Waals surface area contributed by atoms with Crippen LogP contribution in [0.5, 0.6) is 0 Å². The Kier molecular flexibility index (Phi) is 4.27. The lowest BCUT2D eigenvalue weighted by atomic mass is 9.79. The van der Waals surface area contributed by atoms with Gasteiger partial charge in [0.15, 0.2) is 5.78 Å². The molecule has 138 valence electrons. The monoisotopic (exact) mass is 368 g/mol. The van der Waals surface area contributed by atoms with Gasteiger partial charge in [-0.2, -0.15) is 13.2 Å². The fourth-order valence-electron chi connectivity index (χ4n) is 2.98. The third-order valence-corrected chi connectivity index (χ3v) is 4.21. The molecule has 2 heterocycles. The fourth-order valence-corrected chi connectivity index (χ4v) is 2.98. The number of hydrogen-bond acceptors (Lipinski definition) is 4. The molecule has 1 saturated heterocycles. The number of aryl methyl sites for hydroxylation is 1. The summed E-state index contributed by atoms with van der Waals surface area (Å²) in [6.45, 7) is 1.57. The summed E-state index contributed by atoms with van der Waals surface area (Å²) in [7, 11) is 0. The standard InChI is InChI=1S/C17H15F3N2O4/c1-9-7-8-11(26-9)13-12(14(23)10-5-3-2-4-6-10)16(25,17(18,19)20)22-15(24)21-13/h2-8,12-13,25H,1H3,(H2,21,22,24)/t12-,13+,16+/m1/s1. The Morgan fingerprint density at radius 1 is 1.19 bits per heavy atom. The minimum absolute atomic E-state index is 0.0357. The van der Waals surface area contributed by atoms with E-state index in [9.17, 15) is 27.9 Å². The summed E-state index contributed by atoms with van der Waals surface area (Å²) >= 11 is 0. The maximum absolute atomic E-state index is 13.6. The van der Waals surface area contributed by atoms with Crippen molar-refractivity contribution < 1.29 is 32.3 Å². The predicted octanol–water partition coefficient (Wildman–Crippen LogP) is 2.69. The highest BCUT2D eigenvalue weighted by atomic mass is 19.4. The molecule has 1 aliphatic rings. The maximum Gasteiger partial charge on any atom is 0.437 e. The Bertz CT molecular complexity index is 834. The van der Waals surface area contributed by atoms with E-state index in [4.69, 9.17) is 4.42 Å². The van der Waals surface area contributed by atoms with E-state index in [1.54, 1.807) is 13.0 Å². The van der Waals surface area contributed by atoms with E-state index >= 15 is 0 Å². The minimum Gasteiger partial charge on any atom is -0.464 e. The molecule has 6 nitrogen and oxygen atoms in total. The van der Waals surface area contributed by atoms with Gasteiger partial charge in [-0.1, -0.05) is 30.3 Å². The van der Waals surface area contributed by atoms with Crippen LogP contribution in [0, 0.1) is 12.8 Å². The Morgan fingerprint density at radius 3 is 2.38 bits per heavy atom. The van der Waals surface area contributed by atoms with Crippen LogP contribution in [0.4, 0.5) is 18.0 Å². The summed E-state index contributed by atoms with van der Waals surface area (Å²) in [5.74, 6) is -2.76. The number of carbonyl (C=O) groups excluding carboxylic acids is 2. The Morgan fingerprint density at radius 2 is 1.85 bits per heavy atom. The molecule has 0 saturated carbocycles. The number of furan rings is 1. The van der Waals surface area contributed by atoms with Gasteiger partial charge in [0, 0.05) is 5.56 Å². The lowest BCUT2D eigenvalue weighted by molar-refractivity contribution is -0.288. The summed E-state index contributed by atoms with van der Waals surface area (Å²) < 4.78 is 46.3. The number of hydrogen-bond donors (Lipinski definition) is 3. The maximum atomic E-state index is 13.6. The van der Waals surface area contributed by atoms with Crippen LogP contribution < -0.4 is 10.6 Å². The van der Waals surface area contributed by atoms with Crippen molar-refractivity contribution in [2.24, 2.45) is 5.92 Å². The van der Waals surface area contributed by atoms with Gasteiger partial charge in [0.25, 0.3) is 0 Å². The van der Waals surface area contributed by atoms with Gasteiger partial charge in [-0.15, -0.1) is 0 Å². The van der Waals surface area contributed by atoms with Crippen LogP contribution in [-0.2, 0) is 0 Å². The number of aliphatic hydroxyl groups is 1. The van der Waals surface area contributed by atoms with E-state index in [1.165, 1.54) is 41.7 Å². The second-order valence-corrected chi connectivity index (χ2v) is 6.00. The highest BCUT2D eigenvalue weighted by molar-refractivity contribution is 6.00. The summed E-state index contributed by atoms with van der Waals surface area (Å²) in [6, 6.07) is 7.31. The van der Waals surface area contributed by atoms with Crippen LogP contribution in [0.25, 0.3) is 0 Å². The normalized spacial score (nSPS) is 26.1. The molecule has 0 bridgehead atoms. The van der Waals surface area contributed by atoms with Crippen LogP contribution in [0.1, 0.15) is 27.9 Å². The number of halogens is 3. The molecule has 0 radical (unpaired) electrons. The molecule has 0 spiro atoms. The molecule has 1 aromatic carbocycles. The van der Waals surface area contributed by atoms with Crippen molar-refractivity contribution in [2.75, 3.05) is 0 Å². The molecule has 0 unspecified atom stereocenters. The first kappa shape index (κ1) is 18.0. The molecule has 3 N–H and O–H groups in total. The molecule has 26 heavy (non-hydrogen) atoms. The third kappa shape index (κ3) is 2.94. The molecule has 0 aliphatic carbocycles. The van der Waals surface area contributed by atoms with Crippen LogP contribution >= 0.6 is 0 Å². The van der Waals surface area contributed by atoms with Gasteiger partial charge in [0.2, 0.25) is 5.72 Å². The molecular weight excluding hydrogens is 353 g/mol. The quantitative estimate of drug-likeness (QED) is 0.727. The van der Waals surface area contributed by atoms with Crippen molar-refractivity contribution in [3.63, 3.8) is 0 Å². The zero-order chi connectivity index (χ0) is 19.1. The van der Waals surface area contributed by atoms with Crippen LogP contribution in [0.2, 0.25) is 0 Å². The minimum atomic E-state index is -5.29. The second-order valence-electron chi connectivity index (χ2n) is 6.00. The summed E-state index contributed by atoms with van der Waals surface area (Å²) in [6.07, 6.45) is -5.29. The average molecular weight is 368 g/mol. The average Bonchev–Trinajstić information content (AvgIpc) is 3.00. The van der Waals surface area contributed by atoms with Crippen molar-refractivity contribution in [1.29, 1.82) is 0 Å². The zero-order valence-corrected chi connectivity index (χ0v) is 13.5. The number of alkyl halides is 3. The molecule has 2 amide bonds. The van der Waals surface area contributed by atoms with Gasteiger partial charge in [-0.05, 0) is 19.1 Å². The van der Waals surface area contributed by atoms with E-state index in [1.807, 2.05) is 0 Å². The van der Waals surface area contributed by atoms with E-state index in [0.29, 0.717) is 5.76 Å². The largest absolute Gasteiger partial charge is 0.464 e. The number of urea groups is 1. The third-order valence-electron chi connectivity index (χ3n) is 4.21. The number of Topliss-reactive ketones (excluding diaryl/α,β-unsaturated/α-hetero) is 1. The Hall–Kier alpha value is -2.81. The van der Waals surface area contributed by atoms with Gasteiger partial charge in [-0.3, -0.25) is 4.79 Å². The number of carbonyl (C=O) groups is 2. The molecule has 3 rings (SSSR count). The number of amides is 2. The van der Waals surface area contributed by atoms with Crippen LogP contribution in [0.3, 0.4) is 0 Å². The van der Waals surface area contributed by atoms with Crippen molar-refractivity contribution in [3.05, 3.63) is 59.5 Å². The van der Waals surface area contributed by atoms with Crippen LogP contribution in [0.15, 0.2) is 46.9 Å². The molecule has 9 heteroatoms. The SMILES string of the molecule is Cc1ccc([C@@H]2NC(=O)N[C@@](O)(C(F)(F)F)[C@H]2C(=O)c2ccccc2)o1. The molecular formula is C17H15F3N2O4. The highest BCUT2D eigenvalue weighted by Gasteiger charge is 2.66. The Balaban J connectivity index is 2.15. The van der Waals surface area contributed by atoms with Crippen LogP contribution in [-0.4, -0.2) is 28.8 Å². The summed E-state index contributed by atoms with van der Waals surface area (Å²) in [4.78, 5) is 24.7. The lowest BCUT2D eigenvalue weighted by Gasteiger charge is -2.44. The van der Waals surface area contributed by atoms with E-state index in [-0.39, 0.29) is 11.3 Å². The van der Waals surface area contributed by atoms with E-state index < -0.39 is 35.7 Å². The first-order valence-electron chi connectivity index (χ1n) is 7.67. The van der Waals surface area contributed by atoms with Crippen molar-refractivity contribution in [1.82, 2.24) is 10.6 Å². The summed E-state index contributed by atoms with van der Waals surface area (Å²) in [5, 5.41) is 14.1. The number of rotatable bonds is 3. The smallest absolute Gasteiger partial charge is 0.437 e. The van der Waals surface area contributed by atoms with Crippen molar-refractivity contribution in [2.45, 2.75) is 24.9 Å². The molecule has 1 fully saturated rings. The zero-order valence-electron chi connectivity index (χ0n) is 13.5. The second kappa shape index (κ2) is 6.17. The number of benzene rings is 1. The lowest BCUT2D eigenvalue weighted by Crippen LogP contribution is -2.72. The van der Waals surface area contributed by atoms with E-state index in [0.717, 1.165) is 0 Å². The molecule has 1 aliphatic heterocycles. The predicted molar refractivity (Wildman–Crippen MR) is 83.1 cm³/mol. The summed E-state index contributed by atoms with van der Waals surface area (Å²) in [5.41, 5.74) is -3.79. The van der Waals surface area contributed by atoms with Crippen molar-refractivity contribution in [3.8, 4) is 0 Å². The fraction of sp³-hybridized carbons (Fsp3) is 0.294. The topological polar surface area (TPSA) is 91.6 Å². The first-order chi connectivity index (χ1) is 12.1. The van der Waals surface area contributed by atoms with Gasteiger partial charge >= 0.3 is 12.2 Å². The van der Waals surface area contributed by atoms with E-state index in [2.05, 4.69) is 5.32 Å². The number of nitrogens with one attached hydrogen (secondary N) is 2.